The van der Waals surface area contributed by atoms with Crippen LogP contribution in [0.1, 0.15) is 34.1 Å². The summed E-state index contributed by atoms with van der Waals surface area (Å²) < 4.78 is 28.3. The van der Waals surface area contributed by atoms with Crippen LogP contribution in [0.4, 0.5) is 8.78 Å². The highest BCUT2D eigenvalue weighted by molar-refractivity contribution is 5.93. The number of carbonyl (C=O) groups is 1. The molecule has 0 radical (unpaired) electrons. The monoisotopic (exact) mass is 320 g/mol. The predicted octanol–water partition coefficient (Wildman–Crippen LogP) is 2.41. The molecule has 2 rings (SSSR count). The van der Waals surface area contributed by atoms with Crippen LogP contribution in [0.2, 0.25) is 0 Å². The molecule has 0 unspecified atom stereocenters. The molecule has 0 fully saturated rings. The molecule has 6 heteroatoms. The molecule has 1 N–H and O–H groups in total. The van der Waals surface area contributed by atoms with Gasteiger partial charge in [0.15, 0.2) is 0 Å². The fraction of sp³-hybridized carbons (Fsp3) is 0.294. The van der Waals surface area contributed by atoms with Crippen molar-refractivity contribution in [3.8, 4) is 0 Å². The second-order valence-electron chi connectivity index (χ2n) is 5.25. The molecule has 0 bridgehead atoms. The number of nitrogens with zero attached hydrogens (tertiary/aromatic N) is 1. The molecule has 1 amide bonds. The quantitative estimate of drug-likeness (QED) is 0.940. The lowest BCUT2D eigenvalue weighted by atomic mass is 10.1. The van der Waals surface area contributed by atoms with Crippen molar-refractivity contribution >= 4 is 5.91 Å². The summed E-state index contributed by atoms with van der Waals surface area (Å²) in [5.41, 5.74) is 1.19. The molecule has 23 heavy (non-hydrogen) atoms. The maximum Gasteiger partial charge on any atom is 0.263 e. The van der Waals surface area contributed by atoms with Gasteiger partial charge < -0.3 is 9.88 Å². The second kappa shape index (κ2) is 6.73. The molecule has 1 aromatic carbocycles. The first-order chi connectivity index (χ1) is 10.9. The average Bonchev–Trinajstić information content (AvgIpc) is 2.52. The van der Waals surface area contributed by atoms with Gasteiger partial charge in [0.05, 0.1) is 6.54 Å². The van der Waals surface area contributed by atoms with Crippen molar-refractivity contribution in [3.05, 3.63) is 68.6 Å². The third-order valence-electron chi connectivity index (χ3n) is 3.77. The van der Waals surface area contributed by atoms with Crippen LogP contribution in [0.5, 0.6) is 0 Å². The summed E-state index contributed by atoms with van der Waals surface area (Å²) in [6.07, 6.45) is 0.553. The molecule has 0 saturated heterocycles. The molecule has 0 atom stereocenters. The molecule has 0 saturated carbocycles. The summed E-state index contributed by atoms with van der Waals surface area (Å²) >= 11 is 0. The fourth-order valence-electron chi connectivity index (χ4n) is 2.60. The molecule has 122 valence electrons. The van der Waals surface area contributed by atoms with Crippen LogP contribution in [0.3, 0.4) is 0 Å². The second-order valence-corrected chi connectivity index (χ2v) is 5.25. The van der Waals surface area contributed by atoms with Gasteiger partial charge in [-0.2, -0.15) is 0 Å². The van der Waals surface area contributed by atoms with Crippen LogP contribution in [-0.2, 0) is 13.0 Å². The van der Waals surface area contributed by atoms with Gasteiger partial charge in [-0.1, -0.05) is 13.0 Å². The van der Waals surface area contributed by atoms with Gasteiger partial charge in [0.1, 0.15) is 17.2 Å². The van der Waals surface area contributed by atoms with Gasteiger partial charge in [0, 0.05) is 24.4 Å². The number of rotatable bonds is 4. The third kappa shape index (κ3) is 3.31. The maximum atomic E-state index is 13.9. The summed E-state index contributed by atoms with van der Waals surface area (Å²) in [5.74, 6) is -1.89. The molecular weight excluding hydrogens is 302 g/mol. The number of pyridine rings is 1. The topological polar surface area (TPSA) is 51.1 Å². The van der Waals surface area contributed by atoms with Gasteiger partial charge in [-0.3, -0.25) is 9.59 Å². The molecular formula is C17H18F2N2O2. The molecule has 1 aromatic heterocycles. The van der Waals surface area contributed by atoms with E-state index in [1.54, 1.807) is 6.92 Å². The van der Waals surface area contributed by atoms with E-state index in [-0.39, 0.29) is 17.7 Å². The lowest BCUT2D eigenvalue weighted by molar-refractivity contribution is 0.0961. The number of amides is 1. The van der Waals surface area contributed by atoms with Crippen LogP contribution >= 0.6 is 0 Å². The highest BCUT2D eigenvalue weighted by atomic mass is 19.1. The maximum absolute atomic E-state index is 13.9. The fourth-order valence-corrected chi connectivity index (χ4v) is 2.60. The Bertz CT molecular complexity index is 813. The number of hydrogen-bond donors (Lipinski definition) is 1. The van der Waals surface area contributed by atoms with Crippen LogP contribution in [0.15, 0.2) is 29.1 Å². The van der Waals surface area contributed by atoms with Crippen molar-refractivity contribution in [2.24, 2.45) is 0 Å². The van der Waals surface area contributed by atoms with Gasteiger partial charge >= 0.3 is 0 Å². The highest BCUT2D eigenvalue weighted by Gasteiger charge is 2.17. The minimum absolute atomic E-state index is 0.00437. The normalized spacial score (nSPS) is 10.7. The van der Waals surface area contributed by atoms with Gasteiger partial charge in [-0.05, 0) is 31.0 Å². The molecule has 0 aliphatic rings. The SMILES string of the molecule is CCc1c(C)cc(C(=O)NC)c(=O)n1Cc1ccc(F)cc1F. The zero-order valence-electron chi connectivity index (χ0n) is 13.2. The van der Waals surface area contributed by atoms with Gasteiger partial charge in [0.2, 0.25) is 0 Å². The summed E-state index contributed by atoms with van der Waals surface area (Å²) in [6, 6.07) is 4.77. The van der Waals surface area contributed by atoms with E-state index < -0.39 is 23.1 Å². The van der Waals surface area contributed by atoms with Crippen LogP contribution in [0, 0.1) is 18.6 Å². The zero-order chi connectivity index (χ0) is 17.1. The van der Waals surface area contributed by atoms with E-state index in [1.165, 1.54) is 23.7 Å². The number of halogens is 2. The molecule has 2 aromatic rings. The van der Waals surface area contributed by atoms with E-state index in [2.05, 4.69) is 5.32 Å². The van der Waals surface area contributed by atoms with E-state index >= 15 is 0 Å². The van der Waals surface area contributed by atoms with Crippen molar-refractivity contribution < 1.29 is 13.6 Å². The van der Waals surface area contributed by atoms with Crippen molar-refractivity contribution in [3.63, 3.8) is 0 Å². The number of hydrogen-bond acceptors (Lipinski definition) is 2. The number of nitrogens with one attached hydrogen (secondary N) is 1. The van der Waals surface area contributed by atoms with E-state index in [0.29, 0.717) is 12.1 Å². The minimum atomic E-state index is -0.720. The van der Waals surface area contributed by atoms with Crippen LogP contribution < -0.4 is 10.9 Å². The van der Waals surface area contributed by atoms with E-state index in [9.17, 15) is 18.4 Å². The summed E-state index contributed by atoms with van der Waals surface area (Å²) in [4.78, 5) is 24.4. The molecule has 0 aliphatic heterocycles. The predicted molar refractivity (Wildman–Crippen MR) is 83.7 cm³/mol. The smallest absolute Gasteiger partial charge is 0.263 e. The minimum Gasteiger partial charge on any atom is -0.355 e. The Morgan fingerprint density at radius 2 is 1.96 bits per heavy atom. The molecule has 0 aliphatic carbocycles. The Hall–Kier alpha value is -2.50. The van der Waals surface area contributed by atoms with Crippen LogP contribution in [-0.4, -0.2) is 17.5 Å². The number of carbonyl (C=O) groups excluding carboxylic acids is 1. The van der Waals surface area contributed by atoms with E-state index in [0.717, 1.165) is 17.7 Å². The highest BCUT2D eigenvalue weighted by Crippen LogP contribution is 2.15. The molecule has 0 spiro atoms. The van der Waals surface area contributed by atoms with Gasteiger partial charge in [0.25, 0.3) is 11.5 Å². The van der Waals surface area contributed by atoms with Crippen molar-refractivity contribution in [2.45, 2.75) is 26.8 Å². The Morgan fingerprint density at radius 3 is 2.52 bits per heavy atom. The first-order valence-electron chi connectivity index (χ1n) is 7.28. The third-order valence-corrected chi connectivity index (χ3v) is 3.77. The Morgan fingerprint density at radius 1 is 1.26 bits per heavy atom. The average molecular weight is 320 g/mol. The first kappa shape index (κ1) is 16.9. The summed E-state index contributed by atoms with van der Waals surface area (Å²) in [5, 5.41) is 2.42. The van der Waals surface area contributed by atoms with Gasteiger partial charge in [-0.15, -0.1) is 0 Å². The van der Waals surface area contributed by atoms with Crippen LogP contribution in [0.25, 0.3) is 0 Å². The van der Waals surface area contributed by atoms with E-state index in [1.807, 2.05) is 6.92 Å². The van der Waals surface area contributed by atoms with Crippen molar-refractivity contribution in [2.75, 3.05) is 7.05 Å². The van der Waals surface area contributed by atoms with E-state index in [4.69, 9.17) is 0 Å². The van der Waals surface area contributed by atoms with Crippen molar-refractivity contribution in [1.82, 2.24) is 9.88 Å². The first-order valence-corrected chi connectivity index (χ1v) is 7.28. The summed E-state index contributed by atoms with van der Waals surface area (Å²) in [6.45, 7) is 3.61. The Kier molecular flexibility index (Phi) is 4.93. The lowest BCUT2D eigenvalue weighted by Crippen LogP contribution is -2.34. The number of benzene rings is 1. The Labute approximate surface area is 132 Å². The largest absolute Gasteiger partial charge is 0.355 e. The standard InChI is InChI=1S/C17H18F2N2O2/c1-4-15-10(2)7-13(16(22)20-3)17(23)21(15)9-11-5-6-12(18)8-14(11)19/h5-8H,4,9H2,1-3H3,(H,20,22). The lowest BCUT2D eigenvalue weighted by Gasteiger charge is -2.16. The number of aromatic nitrogens is 1. The van der Waals surface area contributed by atoms with Gasteiger partial charge in [-0.25, -0.2) is 8.78 Å². The zero-order valence-corrected chi connectivity index (χ0v) is 13.2. The van der Waals surface area contributed by atoms with Crippen molar-refractivity contribution in [1.29, 1.82) is 0 Å². The number of aryl methyl sites for hydroxylation is 1. The molecule has 1 heterocycles. The summed E-state index contributed by atoms with van der Waals surface area (Å²) in [7, 11) is 1.44. The molecule has 4 nitrogen and oxygen atoms in total. The Balaban J connectivity index is 2.62.